The maximum atomic E-state index is 13.7. The first-order valence-electron chi connectivity index (χ1n) is 7.03. The van der Waals surface area contributed by atoms with Gasteiger partial charge in [0.2, 0.25) is 0 Å². The zero-order valence-corrected chi connectivity index (χ0v) is 13.7. The molecule has 120 valence electrons. The quantitative estimate of drug-likeness (QED) is 0.914. The minimum atomic E-state index is -3.21. The van der Waals surface area contributed by atoms with E-state index in [1.54, 1.807) is 24.3 Å². The topological polar surface area (TPSA) is 70.0 Å². The molecule has 4 nitrogen and oxygen atoms in total. The van der Waals surface area contributed by atoms with Crippen LogP contribution in [0.3, 0.4) is 0 Å². The van der Waals surface area contributed by atoms with E-state index in [0.717, 1.165) is 11.8 Å². The normalized spacial score (nSPS) is 12.6. The van der Waals surface area contributed by atoms with Crippen molar-refractivity contribution in [3.8, 4) is 6.07 Å². The molecule has 23 heavy (non-hydrogen) atoms. The molecule has 0 bridgehead atoms. The Morgan fingerprint density at radius 3 is 2.43 bits per heavy atom. The summed E-state index contributed by atoms with van der Waals surface area (Å²) in [6.07, 6.45) is 1.16. The molecule has 0 heterocycles. The van der Waals surface area contributed by atoms with Crippen molar-refractivity contribution >= 4 is 9.84 Å². The number of hydrogen-bond donors (Lipinski definition) is 1. The number of benzene rings is 2. The van der Waals surface area contributed by atoms with Crippen LogP contribution in [0.1, 0.15) is 29.7 Å². The number of nitrogens with zero attached hydrogens (tertiary/aromatic N) is 1. The molecular weight excluding hydrogens is 315 g/mol. The van der Waals surface area contributed by atoms with Gasteiger partial charge in [-0.05, 0) is 42.8 Å². The summed E-state index contributed by atoms with van der Waals surface area (Å²) in [5, 5.41) is 12.0. The molecule has 2 aromatic rings. The van der Waals surface area contributed by atoms with Crippen LogP contribution < -0.4 is 5.32 Å². The lowest BCUT2D eigenvalue weighted by atomic mass is 10.1. The van der Waals surface area contributed by atoms with E-state index < -0.39 is 9.84 Å². The third kappa shape index (κ3) is 4.38. The fourth-order valence-electron chi connectivity index (χ4n) is 2.16. The van der Waals surface area contributed by atoms with Crippen LogP contribution in [-0.2, 0) is 16.4 Å². The van der Waals surface area contributed by atoms with Crippen LogP contribution in [0.25, 0.3) is 0 Å². The highest BCUT2D eigenvalue weighted by Gasteiger charge is 2.10. The Labute approximate surface area is 135 Å². The third-order valence-corrected chi connectivity index (χ3v) is 4.71. The standard InChI is InChI=1S/C17H17FN2O2S/c1-12(14-4-6-16(7-5-14)23(2,21)22)20-11-15-9-13(10-19)3-8-17(15)18/h3-9,12,20H,11H2,1-2H3. The Morgan fingerprint density at radius 1 is 1.22 bits per heavy atom. The van der Waals surface area contributed by atoms with Crippen molar-refractivity contribution in [3.05, 3.63) is 65.0 Å². The molecule has 0 saturated heterocycles. The molecule has 2 aromatic carbocycles. The minimum Gasteiger partial charge on any atom is -0.306 e. The van der Waals surface area contributed by atoms with Crippen molar-refractivity contribution in [1.82, 2.24) is 5.32 Å². The Bertz CT molecular complexity index is 840. The predicted molar refractivity (Wildman–Crippen MR) is 85.9 cm³/mol. The van der Waals surface area contributed by atoms with E-state index in [2.05, 4.69) is 5.32 Å². The van der Waals surface area contributed by atoms with Crippen LogP contribution in [0.15, 0.2) is 47.4 Å². The van der Waals surface area contributed by atoms with Crippen LogP contribution >= 0.6 is 0 Å². The Morgan fingerprint density at radius 2 is 1.87 bits per heavy atom. The molecule has 0 fully saturated rings. The second-order valence-electron chi connectivity index (χ2n) is 5.36. The fraction of sp³-hybridized carbons (Fsp3) is 0.235. The van der Waals surface area contributed by atoms with E-state index in [4.69, 9.17) is 5.26 Å². The molecule has 0 amide bonds. The summed E-state index contributed by atoms with van der Waals surface area (Å²) in [6, 6.07) is 12.7. The number of nitriles is 1. The third-order valence-electron chi connectivity index (χ3n) is 3.58. The number of rotatable bonds is 5. The summed E-state index contributed by atoms with van der Waals surface area (Å²) in [7, 11) is -3.21. The lowest BCUT2D eigenvalue weighted by Crippen LogP contribution is -2.19. The smallest absolute Gasteiger partial charge is 0.175 e. The molecule has 6 heteroatoms. The average molecular weight is 332 g/mol. The van der Waals surface area contributed by atoms with E-state index in [0.29, 0.717) is 11.1 Å². The van der Waals surface area contributed by atoms with Crippen molar-refractivity contribution in [1.29, 1.82) is 5.26 Å². The average Bonchev–Trinajstić information content (AvgIpc) is 2.53. The first kappa shape index (κ1) is 17.1. The van der Waals surface area contributed by atoms with Gasteiger partial charge in [-0.15, -0.1) is 0 Å². The minimum absolute atomic E-state index is 0.0891. The summed E-state index contributed by atoms with van der Waals surface area (Å²) in [6.45, 7) is 2.18. The van der Waals surface area contributed by atoms with Gasteiger partial charge < -0.3 is 5.32 Å². The van der Waals surface area contributed by atoms with Gasteiger partial charge in [0, 0.05) is 24.4 Å². The van der Waals surface area contributed by atoms with Crippen molar-refractivity contribution in [2.45, 2.75) is 24.4 Å². The van der Waals surface area contributed by atoms with Crippen LogP contribution in [0.4, 0.5) is 4.39 Å². The van der Waals surface area contributed by atoms with E-state index in [1.165, 1.54) is 18.2 Å². The van der Waals surface area contributed by atoms with Crippen LogP contribution in [-0.4, -0.2) is 14.7 Å². The first-order valence-corrected chi connectivity index (χ1v) is 8.92. The van der Waals surface area contributed by atoms with E-state index in [9.17, 15) is 12.8 Å². The predicted octanol–water partition coefficient (Wildman–Crippen LogP) is 2.95. The van der Waals surface area contributed by atoms with Crippen molar-refractivity contribution < 1.29 is 12.8 Å². The van der Waals surface area contributed by atoms with Crippen molar-refractivity contribution in [3.63, 3.8) is 0 Å². The monoisotopic (exact) mass is 332 g/mol. The molecule has 0 aliphatic rings. The number of hydrogen-bond acceptors (Lipinski definition) is 4. The molecule has 0 saturated carbocycles. The van der Waals surface area contributed by atoms with Gasteiger partial charge in [-0.25, -0.2) is 12.8 Å². The molecule has 0 radical (unpaired) electrons. The highest BCUT2D eigenvalue weighted by Crippen LogP contribution is 2.17. The molecule has 0 spiro atoms. The van der Waals surface area contributed by atoms with Gasteiger partial charge in [0.05, 0.1) is 16.5 Å². The maximum absolute atomic E-state index is 13.7. The first-order chi connectivity index (χ1) is 10.8. The molecule has 2 rings (SSSR count). The second kappa shape index (κ2) is 6.90. The number of halogens is 1. The number of sulfone groups is 1. The summed E-state index contributed by atoms with van der Waals surface area (Å²) in [5.41, 5.74) is 1.73. The molecule has 1 unspecified atom stereocenters. The van der Waals surface area contributed by atoms with Gasteiger partial charge in [0.15, 0.2) is 9.84 Å². The van der Waals surface area contributed by atoms with E-state index in [-0.39, 0.29) is 23.3 Å². The van der Waals surface area contributed by atoms with Gasteiger partial charge in [-0.2, -0.15) is 5.26 Å². The van der Waals surface area contributed by atoms with Gasteiger partial charge in [-0.3, -0.25) is 0 Å². The molecule has 1 N–H and O–H groups in total. The molecular formula is C17H17FN2O2S. The Kier molecular flexibility index (Phi) is 5.14. The molecule has 0 aliphatic carbocycles. The Balaban J connectivity index is 2.08. The SMILES string of the molecule is CC(NCc1cc(C#N)ccc1F)c1ccc(S(C)(=O)=O)cc1. The summed E-state index contributed by atoms with van der Waals surface area (Å²) < 4.78 is 36.6. The summed E-state index contributed by atoms with van der Waals surface area (Å²) >= 11 is 0. The highest BCUT2D eigenvalue weighted by molar-refractivity contribution is 7.90. The lowest BCUT2D eigenvalue weighted by molar-refractivity contribution is 0.544. The maximum Gasteiger partial charge on any atom is 0.175 e. The zero-order chi connectivity index (χ0) is 17.0. The zero-order valence-electron chi connectivity index (χ0n) is 12.9. The largest absolute Gasteiger partial charge is 0.306 e. The molecule has 1 atom stereocenters. The van der Waals surface area contributed by atoms with Crippen molar-refractivity contribution in [2.75, 3.05) is 6.26 Å². The lowest BCUT2D eigenvalue weighted by Gasteiger charge is -2.15. The van der Waals surface area contributed by atoms with Crippen LogP contribution in [0, 0.1) is 17.1 Å². The van der Waals surface area contributed by atoms with Crippen LogP contribution in [0.5, 0.6) is 0 Å². The summed E-state index contributed by atoms with van der Waals surface area (Å²) in [4.78, 5) is 0.265. The van der Waals surface area contributed by atoms with Crippen LogP contribution in [0.2, 0.25) is 0 Å². The van der Waals surface area contributed by atoms with Crippen molar-refractivity contribution in [2.24, 2.45) is 0 Å². The fourth-order valence-corrected chi connectivity index (χ4v) is 2.79. The van der Waals surface area contributed by atoms with Gasteiger partial charge >= 0.3 is 0 Å². The van der Waals surface area contributed by atoms with Gasteiger partial charge in [0.25, 0.3) is 0 Å². The number of nitrogens with one attached hydrogen (secondary N) is 1. The molecule has 0 aliphatic heterocycles. The van der Waals surface area contributed by atoms with E-state index >= 15 is 0 Å². The van der Waals surface area contributed by atoms with Gasteiger partial charge in [0.1, 0.15) is 5.82 Å². The van der Waals surface area contributed by atoms with E-state index in [1.807, 2.05) is 13.0 Å². The second-order valence-corrected chi connectivity index (χ2v) is 7.38. The molecule has 0 aromatic heterocycles. The summed E-state index contributed by atoms with van der Waals surface area (Å²) in [5.74, 6) is -0.365. The van der Waals surface area contributed by atoms with Gasteiger partial charge in [-0.1, -0.05) is 12.1 Å². The highest BCUT2D eigenvalue weighted by atomic mass is 32.2. The Hall–Kier alpha value is -2.23.